The van der Waals surface area contributed by atoms with Gasteiger partial charge in [-0.25, -0.2) is 0 Å². The van der Waals surface area contributed by atoms with E-state index < -0.39 is 10.3 Å². The molecule has 0 N–H and O–H groups in total. The van der Waals surface area contributed by atoms with Gasteiger partial charge in [-0.2, -0.15) is 8.78 Å². The molecule has 5 heteroatoms. The van der Waals surface area contributed by atoms with Crippen LogP contribution < -0.4 is 0 Å². The van der Waals surface area contributed by atoms with E-state index in [0.29, 0.717) is 17.5 Å². The molecular weight excluding hydrogens is 307 g/mol. The van der Waals surface area contributed by atoms with Crippen LogP contribution >= 0.6 is 34.4 Å². The lowest BCUT2D eigenvalue weighted by molar-refractivity contribution is 0.555. The van der Waals surface area contributed by atoms with Crippen LogP contribution in [-0.4, -0.2) is 4.90 Å². The van der Waals surface area contributed by atoms with Crippen LogP contribution in [0.15, 0.2) is 44.1 Å². The maximum atomic E-state index is 13.1. The van der Waals surface area contributed by atoms with Crippen LogP contribution in [0.4, 0.5) is 8.78 Å². The molecule has 0 fully saturated rings. The van der Waals surface area contributed by atoms with Crippen LogP contribution in [-0.2, 0) is 0 Å². The summed E-state index contributed by atoms with van der Waals surface area (Å²) in [5.41, 5.74) is 0.395. The number of rotatable bonds is 0. The van der Waals surface area contributed by atoms with E-state index in [2.05, 4.69) is 22.6 Å². The van der Waals surface area contributed by atoms with Crippen molar-refractivity contribution in [2.24, 2.45) is 0 Å². The first kappa shape index (κ1) is 9.26. The molecule has 13 heavy (non-hydrogen) atoms. The lowest BCUT2D eigenvalue weighted by Crippen LogP contribution is -2.14. The summed E-state index contributed by atoms with van der Waals surface area (Å²) in [4.78, 5) is 1.45. The summed E-state index contributed by atoms with van der Waals surface area (Å²) in [6.07, 6.45) is 6.36. The molecule has 0 aliphatic carbocycles. The van der Waals surface area contributed by atoms with E-state index in [9.17, 15) is 8.78 Å². The molecular formula is C8H4F2INS. The lowest BCUT2D eigenvalue weighted by Gasteiger charge is -2.24. The molecule has 0 spiro atoms. The van der Waals surface area contributed by atoms with Crippen molar-refractivity contribution in [3.63, 3.8) is 0 Å². The second kappa shape index (κ2) is 3.45. The van der Waals surface area contributed by atoms with Crippen LogP contribution in [0.3, 0.4) is 0 Å². The number of thioether (sulfide) groups is 1. The first-order valence-corrected chi connectivity index (χ1v) is 5.35. The second-order valence-corrected chi connectivity index (χ2v) is 4.65. The molecule has 0 amide bonds. The fourth-order valence-corrected chi connectivity index (χ4v) is 2.13. The van der Waals surface area contributed by atoms with E-state index in [1.807, 2.05) is 0 Å². The normalized spacial score (nSPS) is 21.3. The number of nitrogens with zero attached hydrogens (tertiary/aromatic N) is 1. The molecule has 2 rings (SSSR count). The molecule has 1 nitrogen and oxygen atoms in total. The smallest absolute Gasteiger partial charge is 0.187 e. The Morgan fingerprint density at radius 1 is 1.23 bits per heavy atom. The molecule has 0 aromatic heterocycles. The Balaban J connectivity index is 2.41. The van der Waals surface area contributed by atoms with Crippen molar-refractivity contribution in [3.8, 4) is 0 Å². The highest BCUT2D eigenvalue weighted by atomic mass is 127. The lowest BCUT2D eigenvalue weighted by atomic mass is 10.3. The van der Waals surface area contributed by atoms with Crippen molar-refractivity contribution >= 4 is 34.4 Å². The average Bonchev–Trinajstić information content (AvgIpc) is 2.02. The number of hydrogen-bond donors (Lipinski definition) is 0. The Kier molecular flexibility index (Phi) is 2.46. The fraction of sp³-hybridized carbons (Fsp3) is 0. The quantitative estimate of drug-likeness (QED) is 0.626. The largest absolute Gasteiger partial charge is 0.316 e. The van der Waals surface area contributed by atoms with E-state index in [1.165, 1.54) is 11.1 Å². The van der Waals surface area contributed by atoms with E-state index in [0.717, 1.165) is 3.58 Å². The van der Waals surface area contributed by atoms with Crippen LogP contribution in [0.1, 0.15) is 0 Å². The Morgan fingerprint density at radius 3 is 2.77 bits per heavy atom. The maximum absolute atomic E-state index is 13.1. The SMILES string of the molecule is FC1=CN2C=C(I)C=CC2=C(F)S1. The highest BCUT2D eigenvalue weighted by Crippen LogP contribution is 2.38. The first-order chi connectivity index (χ1) is 6.16. The molecule has 0 unspecified atom stereocenters. The molecule has 2 aliphatic rings. The first-order valence-electron chi connectivity index (χ1n) is 3.45. The van der Waals surface area contributed by atoms with E-state index >= 15 is 0 Å². The number of halogens is 3. The van der Waals surface area contributed by atoms with Crippen LogP contribution in [0, 0.1) is 0 Å². The third-order valence-corrected chi connectivity index (χ3v) is 2.90. The Hall–Kier alpha value is -0.300. The zero-order valence-corrected chi connectivity index (χ0v) is 9.27. The summed E-state index contributed by atoms with van der Waals surface area (Å²) in [6.45, 7) is 0. The van der Waals surface area contributed by atoms with Crippen LogP contribution in [0.2, 0.25) is 0 Å². The highest BCUT2D eigenvalue weighted by Gasteiger charge is 2.20. The zero-order valence-electron chi connectivity index (χ0n) is 6.30. The van der Waals surface area contributed by atoms with Gasteiger partial charge >= 0.3 is 0 Å². The van der Waals surface area contributed by atoms with Crippen LogP contribution in [0.5, 0.6) is 0 Å². The summed E-state index contributed by atoms with van der Waals surface area (Å²) < 4.78 is 26.9. The van der Waals surface area contributed by atoms with Crippen molar-refractivity contribution in [1.29, 1.82) is 0 Å². The minimum Gasteiger partial charge on any atom is -0.316 e. The fourth-order valence-electron chi connectivity index (χ4n) is 1.04. The number of hydrogen-bond acceptors (Lipinski definition) is 2. The van der Waals surface area contributed by atoms with Gasteiger partial charge in [0.15, 0.2) is 10.3 Å². The summed E-state index contributed by atoms with van der Waals surface area (Å²) in [5, 5.41) is -1.03. The van der Waals surface area contributed by atoms with Gasteiger partial charge in [0.1, 0.15) is 0 Å². The van der Waals surface area contributed by atoms with Crippen molar-refractivity contribution in [3.05, 3.63) is 44.1 Å². The van der Waals surface area contributed by atoms with E-state index in [4.69, 9.17) is 0 Å². The monoisotopic (exact) mass is 311 g/mol. The topological polar surface area (TPSA) is 3.24 Å². The molecule has 2 heterocycles. The second-order valence-electron chi connectivity index (χ2n) is 2.45. The van der Waals surface area contributed by atoms with Gasteiger partial charge in [-0.15, -0.1) is 0 Å². The van der Waals surface area contributed by atoms with E-state index in [1.54, 1.807) is 18.4 Å². The predicted molar refractivity (Wildman–Crippen MR) is 58.0 cm³/mol. The van der Waals surface area contributed by atoms with Crippen molar-refractivity contribution in [2.75, 3.05) is 0 Å². The Bertz CT molecular complexity index is 370. The van der Waals surface area contributed by atoms with Gasteiger partial charge in [-0.05, 0) is 46.5 Å². The average molecular weight is 311 g/mol. The van der Waals surface area contributed by atoms with Crippen molar-refractivity contribution < 1.29 is 8.78 Å². The molecule has 0 bridgehead atoms. The molecule has 68 valence electrons. The minimum atomic E-state index is -0.531. The van der Waals surface area contributed by atoms with Crippen molar-refractivity contribution in [1.82, 2.24) is 4.90 Å². The van der Waals surface area contributed by atoms with Gasteiger partial charge in [-0.1, -0.05) is 0 Å². The Morgan fingerprint density at radius 2 is 2.00 bits per heavy atom. The number of allylic oxidation sites excluding steroid dienone is 3. The summed E-state index contributed by atoms with van der Waals surface area (Å²) in [7, 11) is 0. The predicted octanol–water partition coefficient (Wildman–Crippen LogP) is 3.79. The molecule has 0 saturated carbocycles. The van der Waals surface area contributed by atoms with Crippen molar-refractivity contribution in [2.45, 2.75) is 0 Å². The maximum Gasteiger partial charge on any atom is 0.187 e. The third-order valence-electron chi connectivity index (χ3n) is 1.57. The molecule has 2 aliphatic heterocycles. The molecule has 0 aromatic rings. The Labute approximate surface area is 92.0 Å². The standard InChI is InChI=1S/C8H4F2INS/c9-7-4-12-3-5(11)1-2-6(12)8(10)13-7/h1-4H. The van der Waals surface area contributed by atoms with Gasteiger partial charge in [0.05, 0.1) is 11.9 Å². The summed E-state index contributed by atoms with van der Waals surface area (Å²) >= 11 is 2.60. The van der Waals surface area contributed by atoms with Gasteiger partial charge in [0, 0.05) is 9.78 Å². The summed E-state index contributed by atoms with van der Waals surface area (Å²) in [6, 6.07) is 0. The minimum absolute atomic E-state index is 0.395. The van der Waals surface area contributed by atoms with Crippen LogP contribution in [0.25, 0.3) is 0 Å². The summed E-state index contributed by atoms with van der Waals surface area (Å²) in [5.74, 6) is 0. The molecule has 0 saturated heterocycles. The number of fused-ring (bicyclic) bond motifs is 1. The molecule has 0 radical (unpaired) electrons. The van der Waals surface area contributed by atoms with Gasteiger partial charge in [0.25, 0.3) is 0 Å². The van der Waals surface area contributed by atoms with Gasteiger partial charge in [-0.3, -0.25) is 0 Å². The highest BCUT2D eigenvalue weighted by molar-refractivity contribution is 14.1. The zero-order chi connectivity index (χ0) is 9.42. The van der Waals surface area contributed by atoms with Gasteiger partial charge in [0.2, 0.25) is 0 Å². The van der Waals surface area contributed by atoms with E-state index in [-0.39, 0.29) is 0 Å². The van der Waals surface area contributed by atoms with Gasteiger partial charge < -0.3 is 4.90 Å². The third kappa shape index (κ3) is 1.80. The molecule has 0 atom stereocenters. The molecule has 0 aromatic carbocycles.